The first-order chi connectivity index (χ1) is 15.2. The van der Waals surface area contributed by atoms with Crippen LogP contribution >= 0.6 is 0 Å². The molecule has 3 nitrogen and oxygen atoms in total. The average molecular weight is 411 g/mol. The lowest BCUT2D eigenvalue weighted by molar-refractivity contribution is 0.340. The van der Waals surface area contributed by atoms with Gasteiger partial charge in [0, 0.05) is 0 Å². The number of benzene rings is 4. The summed E-state index contributed by atoms with van der Waals surface area (Å²) in [5, 5.41) is 9.68. The Morgan fingerprint density at radius 1 is 0.484 bits per heavy atom. The van der Waals surface area contributed by atoms with Gasteiger partial charge >= 0.3 is 0 Å². The fourth-order valence-corrected chi connectivity index (χ4v) is 3.60. The van der Waals surface area contributed by atoms with Crippen LogP contribution in [0.5, 0.6) is 17.2 Å². The van der Waals surface area contributed by atoms with Crippen LogP contribution in [0.1, 0.15) is 13.8 Å². The Balaban J connectivity index is 1.79. The van der Waals surface area contributed by atoms with Crippen molar-refractivity contribution in [2.45, 2.75) is 13.8 Å². The van der Waals surface area contributed by atoms with Crippen LogP contribution < -0.4 is 9.47 Å². The lowest BCUT2D eigenvalue weighted by Crippen LogP contribution is -1.91. The molecule has 0 fully saturated rings. The first-order valence-electron chi connectivity index (χ1n) is 10.6. The molecule has 0 heterocycles. The van der Waals surface area contributed by atoms with Gasteiger partial charge in [-0.3, -0.25) is 0 Å². The SMILES string of the molecule is CCOc1ccc(-c2cc(-c3ccc(O)cc3)cc(-c3ccc(OCC)cc3)c2)cc1. The van der Waals surface area contributed by atoms with Crippen molar-refractivity contribution in [1.82, 2.24) is 0 Å². The second kappa shape index (κ2) is 9.40. The van der Waals surface area contributed by atoms with Gasteiger partial charge in [-0.05, 0) is 102 Å². The maximum atomic E-state index is 9.68. The van der Waals surface area contributed by atoms with Crippen molar-refractivity contribution in [3.63, 3.8) is 0 Å². The standard InChI is InChI=1S/C28H26O3/c1-3-30-27-13-7-21(8-14-27)24-17-23(20-5-11-26(29)12-6-20)18-25(19-24)22-9-15-28(16-10-22)31-4-2/h5-19,29H,3-4H2,1-2H3. The molecule has 0 aliphatic carbocycles. The third-order valence-corrected chi connectivity index (χ3v) is 5.13. The van der Waals surface area contributed by atoms with Crippen LogP contribution in [0.4, 0.5) is 0 Å². The molecule has 0 bridgehead atoms. The molecule has 4 rings (SSSR count). The monoisotopic (exact) mass is 410 g/mol. The van der Waals surface area contributed by atoms with E-state index in [4.69, 9.17) is 9.47 Å². The molecular formula is C28H26O3. The molecule has 3 heteroatoms. The quantitative estimate of drug-likeness (QED) is 0.350. The summed E-state index contributed by atoms with van der Waals surface area (Å²) in [6.07, 6.45) is 0. The van der Waals surface area contributed by atoms with Crippen LogP contribution in [0.15, 0.2) is 91.0 Å². The number of ether oxygens (including phenoxy) is 2. The Hall–Kier alpha value is -3.72. The zero-order valence-corrected chi connectivity index (χ0v) is 17.8. The third kappa shape index (κ3) is 4.89. The van der Waals surface area contributed by atoms with Crippen LogP contribution in [-0.2, 0) is 0 Å². The molecule has 0 radical (unpaired) electrons. The highest BCUT2D eigenvalue weighted by molar-refractivity contribution is 5.81. The summed E-state index contributed by atoms with van der Waals surface area (Å²) in [5.41, 5.74) is 6.63. The van der Waals surface area contributed by atoms with E-state index in [1.165, 1.54) is 0 Å². The predicted molar refractivity (Wildman–Crippen MR) is 127 cm³/mol. The van der Waals surface area contributed by atoms with Gasteiger partial charge in [0.15, 0.2) is 0 Å². The number of phenolic OH excluding ortho intramolecular Hbond substituents is 1. The molecule has 156 valence electrons. The summed E-state index contributed by atoms with van der Waals surface area (Å²) in [4.78, 5) is 0. The van der Waals surface area contributed by atoms with E-state index < -0.39 is 0 Å². The number of aromatic hydroxyl groups is 1. The van der Waals surface area contributed by atoms with E-state index in [1.807, 2.05) is 50.2 Å². The van der Waals surface area contributed by atoms with Gasteiger partial charge in [0.25, 0.3) is 0 Å². The van der Waals surface area contributed by atoms with E-state index in [2.05, 4.69) is 42.5 Å². The Morgan fingerprint density at radius 2 is 0.806 bits per heavy atom. The largest absolute Gasteiger partial charge is 0.508 e. The van der Waals surface area contributed by atoms with E-state index in [0.29, 0.717) is 13.2 Å². The number of hydrogen-bond acceptors (Lipinski definition) is 3. The first-order valence-corrected chi connectivity index (χ1v) is 10.6. The fourth-order valence-electron chi connectivity index (χ4n) is 3.60. The zero-order valence-electron chi connectivity index (χ0n) is 17.8. The topological polar surface area (TPSA) is 38.7 Å². The smallest absolute Gasteiger partial charge is 0.119 e. The van der Waals surface area contributed by atoms with E-state index in [0.717, 1.165) is 44.9 Å². The zero-order chi connectivity index (χ0) is 21.6. The van der Waals surface area contributed by atoms with Crippen molar-refractivity contribution in [1.29, 1.82) is 0 Å². The molecule has 0 aromatic heterocycles. The molecule has 0 atom stereocenters. The Morgan fingerprint density at radius 3 is 1.13 bits per heavy atom. The molecule has 0 saturated carbocycles. The average Bonchev–Trinajstić information content (AvgIpc) is 2.81. The van der Waals surface area contributed by atoms with Gasteiger partial charge in [0.2, 0.25) is 0 Å². The Labute approximate surface area is 183 Å². The van der Waals surface area contributed by atoms with Crippen LogP contribution in [0.3, 0.4) is 0 Å². The summed E-state index contributed by atoms with van der Waals surface area (Å²) in [5.74, 6) is 2.00. The molecule has 0 aliphatic rings. The number of hydrogen-bond donors (Lipinski definition) is 1. The highest BCUT2D eigenvalue weighted by Gasteiger charge is 2.08. The van der Waals surface area contributed by atoms with Gasteiger partial charge in [-0.1, -0.05) is 36.4 Å². The van der Waals surface area contributed by atoms with Gasteiger partial charge in [-0.15, -0.1) is 0 Å². The van der Waals surface area contributed by atoms with Crippen molar-refractivity contribution >= 4 is 0 Å². The molecule has 0 amide bonds. The van der Waals surface area contributed by atoms with E-state index in [9.17, 15) is 5.11 Å². The molecule has 0 saturated heterocycles. The second-order valence-electron chi connectivity index (χ2n) is 7.26. The highest BCUT2D eigenvalue weighted by atomic mass is 16.5. The Kier molecular flexibility index (Phi) is 6.23. The predicted octanol–water partition coefficient (Wildman–Crippen LogP) is 7.19. The van der Waals surface area contributed by atoms with Crippen molar-refractivity contribution in [3.8, 4) is 50.6 Å². The van der Waals surface area contributed by atoms with Crippen LogP contribution in [0.2, 0.25) is 0 Å². The molecule has 4 aromatic carbocycles. The Bertz CT molecular complexity index is 1060. The van der Waals surface area contributed by atoms with Crippen molar-refractivity contribution in [2.75, 3.05) is 13.2 Å². The van der Waals surface area contributed by atoms with Gasteiger partial charge in [0.05, 0.1) is 13.2 Å². The van der Waals surface area contributed by atoms with Crippen LogP contribution in [-0.4, -0.2) is 18.3 Å². The lowest BCUT2D eigenvalue weighted by atomic mass is 9.93. The summed E-state index contributed by atoms with van der Waals surface area (Å²) < 4.78 is 11.2. The van der Waals surface area contributed by atoms with Crippen LogP contribution in [0, 0.1) is 0 Å². The number of rotatable bonds is 7. The lowest BCUT2D eigenvalue weighted by Gasteiger charge is -2.12. The highest BCUT2D eigenvalue weighted by Crippen LogP contribution is 2.34. The molecule has 0 spiro atoms. The third-order valence-electron chi connectivity index (χ3n) is 5.13. The molecular weight excluding hydrogens is 384 g/mol. The first kappa shape index (κ1) is 20.5. The van der Waals surface area contributed by atoms with Gasteiger partial charge in [0.1, 0.15) is 17.2 Å². The minimum Gasteiger partial charge on any atom is -0.508 e. The van der Waals surface area contributed by atoms with E-state index in [-0.39, 0.29) is 5.75 Å². The second-order valence-corrected chi connectivity index (χ2v) is 7.26. The molecule has 0 aliphatic heterocycles. The van der Waals surface area contributed by atoms with Gasteiger partial charge in [-0.2, -0.15) is 0 Å². The van der Waals surface area contributed by atoms with Crippen molar-refractivity contribution in [3.05, 3.63) is 91.0 Å². The molecule has 1 N–H and O–H groups in total. The maximum absolute atomic E-state index is 9.68. The summed E-state index contributed by atoms with van der Waals surface area (Å²) in [6.45, 7) is 5.27. The minimum absolute atomic E-state index is 0.262. The van der Waals surface area contributed by atoms with Crippen molar-refractivity contribution < 1.29 is 14.6 Å². The maximum Gasteiger partial charge on any atom is 0.119 e. The molecule has 4 aromatic rings. The summed E-state index contributed by atoms with van der Waals surface area (Å²) in [7, 11) is 0. The van der Waals surface area contributed by atoms with Crippen LogP contribution in [0.25, 0.3) is 33.4 Å². The molecule has 0 unspecified atom stereocenters. The summed E-state index contributed by atoms with van der Waals surface area (Å²) in [6, 6.07) is 30.2. The van der Waals surface area contributed by atoms with Gasteiger partial charge in [-0.25, -0.2) is 0 Å². The normalized spacial score (nSPS) is 10.6. The molecule has 31 heavy (non-hydrogen) atoms. The number of phenols is 1. The van der Waals surface area contributed by atoms with E-state index in [1.54, 1.807) is 12.1 Å². The van der Waals surface area contributed by atoms with Gasteiger partial charge < -0.3 is 14.6 Å². The van der Waals surface area contributed by atoms with Crippen molar-refractivity contribution in [2.24, 2.45) is 0 Å². The summed E-state index contributed by atoms with van der Waals surface area (Å²) >= 11 is 0. The minimum atomic E-state index is 0.262. The van der Waals surface area contributed by atoms with E-state index >= 15 is 0 Å². The fraction of sp³-hybridized carbons (Fsp3) is 0.143.